The van der Waals surface area contributed by atoms with Crippen LogP contribution in [0.3, 0.4) is 0 Å². The zero-order valence-corrected chi connectivity index (χ0v) is 12.3. The van der Waals surface area contributed by atoms with Crippen molar-refractivity contribution in [1.82, 2.24) is 5.32 Å². The van der Waals surface area contributed by atoms with Gasteiger partial charge in [0.1, 0.15) is 11.5 Å². The fourth-order valence-electron chi connectivity index (χ4n) is 1.85. The van der Waals surface area contributed by atoms with Crippen LogP contribution in [0.2, 0.25) is 0 Å². The highest BCUT2D eigenvalue weighted by atomic mass is 32.2. The highest BCUT2D eigenvalue weighted by molar-refractivity contribution is 7.98. The van der Waals surface area contributed by atoms with Crippen molar-refractivity contribution < 1.29 is 4.74 Å². The van der Waals surface area contributed by atoms with E-state index in [9.17, 15) is 0 Å². The number of rotatable bonds is 5. The molecule has 2 rings (SSSR count). The quantitative estimate of drug-likeness (QED) is 0.848. The maximum atomic E-state index is 8.96. The molecule has 0 aliphatic carbocycles. The zero-order valence-electron chi connectivity index (χ0n) is 11.5. The van der Waals surface area contributed by atoms with Crippen LogP contribution in [0.15, 0.2) is 47.4 Å². The summed E-state index contributed by atoms with van der Waals surface area (Å²) in [6, 6.07) is 15.6. The Morgan fingerprint density at radius 2 is 1.95 bits per heavy atom. The molecule has 4 heteroatoms. The average molecular weight is 284 g/mol. The molecule has 0 amide bonds. The molecule has 2 aromatic carbocycles. The van der Waals surface area contributed by atoms with E-state index in [0.29, 0.717) is 12.1 Å². The number of thioether (sulfide) groups is 1. The topological polar surface area (TPSA) is 45.0 Å². The van der Waals surface area contributed by atoms with E-state index in [1.165, 1.54) is 4.90 Å². The monoisotopic (exact) mass is 284 g/mol. The van der Waals surface area contributed by atoms with Gasteiger partial charge in [0.25, 0.3) is 0 Å². The Kier molecular flexibility index (Phi) is 5.05. The van der Waals surface area contributed by atoms with Crippen LogP contribution in [0.25, 0.3) is 0 Å². The van der Waals surface area contributed by atoms with E-state index in [0.717, 1.165) is 17.1 Å². The van der Waals surface area contributed by atoms with Crippen molar-refractivity contribution in [2.45, 2.75) is 11.4 Å². The SMILES string of the molecule is CNCc1cc(C#N)ccc1Oc1ccc(SC)cc1. The smallest absolute Gasteiger partial charge is 0.132 e. The van der Waals surface area contributed by atoms with Crippen LogP contribution < -0.4 is 10.1 Å². The van der Waals surface area contributed by atoms with Gasteiger partial charge in [0.15, 0.2) is 0 Å². The molecule has 0 aliphatic heterocycles. The standard InChI is InChI=1S/C16H16N2OS/c1-18-11-13-9-12(10-17)3-8-16(13)19-14-4-6-15(20-2)7-5-14/h3-9,18H,11H2,1-2H3. The molecule has 0 fully saturated rings. The van der Waals surface area contributed by atoms with E-state index in [1.54, 1.807) is 17.8 Å². The van der Waals surface area contributed by atoms with Gasteiger partial charge < -0.3 is 10.1 Å². The summed E-state index contributed by atoms with van der Waals surface area (Å²) in [5.41, 5.74) is 1.61. The lowest BCUT2D eigenvalue weighted by atomic mass is 10.1. The summed E-state index contributed by atoms with van der Waals surface area (Å²) < 4.78 is 5.90. The summed E-state index contributed by atoms with van der Waals surface area (Å²) in [5, 5.41) is 12.0. The predicted octanol–water partition coefficient (Wildman–Crippen LogP) is 3.79. The molecule has 0 saturated heterocycles. The fourth-order valence-corrected chi connectivity index (χ4v) is 2.26. The van der Waals surface area contributed by atoms with Crippen LogP contribution in [0, 0.1) is 11.3 Å². The van der Waals surface area contributed by atoms with Crippen LogP contribution in [0.1, 0.15) is 11.1 Å². The van der Waals surface area contributed by atoms with Gasteiger partial charge in [-0.3, -0.25) is 0 Å². The average Bonchev–Trinajstić information content (AvgIpc) is 2.50. The first-order valence-electron chi connectivity index (χ1n) is 6.26. The molecule has 0 aliphatic rings. The molecular formula is C16H16N2OS. The molecule has 0 aromatic heterocycles. The molecule has 0 saturated carbocycles. The van der Waals surface area contributed by atoms with Gasteiger partial charge in [-0.1, -0.05) is 0 Å². The van der Waals surface area contributed by atoms with Crippen molar-refractivity contribution in [3.63, 3.8) is 0 Å². The molecular weight excluding hydrogens is 268 g/mol. The molecule has 102 valence electrons. The third kappa shape index (κ3) is 3.53. The maximum Gasteiger partial charge on any atom is 0.132 e. The summed E-state index contributed by atoms with van der Waals surface area (Å²) in [6.07, 6.45) is 2.04. The molecule has 0 atom stereocenters. The number of ether oxygens (including phenoxy) is 1. The van der Waals surface area contributed by atoms with Crippen LogP contribution in [-0.2, 0) is 6.54 Å². The van der Waals surface area contributed by atoms with E-state index in [1.807, 2.05) is 49.7 Å². The van der Waals surface area contributed by atoms with E-state index >= 15 is 0 Å². The van der Waals surface area contributed by atoms with Crippen LogP contribution in [0.5, 0.6) is 11.5 Å². The van der Waals surface area contributed by atoms with Gasteiger partial charge in [0.05, 0.1) is 11.6 Å². The second-order valence-electron chi connectivity index (χ2n) is 4.24. The molecule has 20 heavy (non-hydrogen) atoms. The van der Waals surface area contributed by atoms with Crippen molar-refractivity contribution in [3.05, 3.63) is 53.6 Å². The van der Waals surface area contributed by atoms with Gasteiger partial charge in [-0.05, 0) is 55.8 Å². The summed E-state index contributed by atoms with van der Waals surface area (Å²) in [5.74, 6) is 1.57. The molecule has 0 spiro atoms. The Hall–Kier alpha value is -1.96. The molecule has 0 unspecified atom stereocenters. The lowest BCUT2D eigenvalue weighted by Crippen LogP contribution is -2.06. The minimum absolute atomic E-state index is 0.639. The Bertz CT molecular complexity index is 617. The number of benzene rings is 2. The van der Waals surface area contributed by atoms with E-state index < -0.39 is 0 Å². The maximum absolute atomic E-state index is 8.96. The first kappa shape index (κ1) is 14.4. The number of hydrogen-bond donors (Lipinski definition) is 1. The van der Waals surface area contributed by atoms with E-state index in [4.69, 9.17) is 10.00 Å². The van der Waals surface area contributed by atoms with Gasteiger partial charge in [0.2, 0.25) is 0 Å². The van der Waals surface area contributed by atoms with E-state index in [2.05, 4.69) is 11.4 Å². The largest absolute Gasteiger partial charge is 0.457 e. The van der Waals surface area contributed by atoms with Crippen molar-refractivity contribution in [3.8, 4) is 17.6 Å². The highest BCUT2D eigenvalue weighted by Crippen LogP contribution is 2.27. The Balaban J connectivity index is 2.25. The van der Waals surface area contributed by atoms with E-state index in [-0.39, 0.29) is 0 Å². The van der Waals surface area contributed by atoms with Gasteiger partial charge in [-0.15, -0.1) is 11.8 Å². The highest BCUT2D eigenvalue weighted by Gasteiger charge is 2.06. The minimum atomic E-state index is 0.639. The Labute approximate surface area is 123 Å². The van der Waals surface area contributed by atoms with Gasteiger partial charge in [-0.25, -0.2) is 0 Å². The number of nitriles is 1. The summed E-state index contributed by atoms with van der Waals surface area (Å²) in [6.45, 7) is 0.660. The van der Waals surface area contributed by atoms with Crippen molar-refractivity contribution in [2.75, 3.05) is 13.3 Å². The normalized spacial score (nSPS) is 10.1. The predicted molar refractivity (Wildman–Crippen MR) is 82.2 cm³/mol. The number of hydrogen-bond acceptors (Lipinski definition) is 4. The van der Waals surface area contributed by atoms with Crippen molar-refractivity contribution in [2.24, 2.45) is 0 Å². The third-order valence-electron chi connectivity index (χ3n) is 2.84. The second kappa shape index (κ2) is 6.99. The molecule has 3 nitrogen and oxygen atoms in total. The van der Waals surface area contributed by atoms with Crippen molar-refractivity contribution >= 4 is 11.8 Å². The lowest BCUT2D eigenvalue weighted by Gasteiger charge is -2.11. The summed E-state index contributed by atoms with van der Waals surface area (Å²) in [7, 11) is 1.87. The number of nitrogens with one attached hydrogen (secondary N) is 1. The van der Waals surface area contributed by atoms with Crippen LogP contribution in [-0.4, -0.2) is 13.3 Å². The number of nitrogens with zero attached hydrogens (tertiary/aromatic N) is 1. The van der Waals surface area contributed by atoms with Gasteiger partial charge in [0, 0.05) is 17.0 Å². The first-order valence-corrected chi connectivity index (χ1v) is 7.49. The Morgan fingerprint density at radius 1 is 1.20 bits per heavy atom. The molecule has 1 N–H and O–H groups in total. The van der Waals surface area contributed by atoms with Crippen LogP contribution >= 0.6 is 11.8 Å². The fraction of sp³-hybridized carbons (Fsp3) is 0.188. The Morgan fingerprint density at radius 3 is 2.55 bits per heavy atom. The summed E-state index contributed by atoms with van der Waals surface area (Å²) in [4.78, 5) is 1.20. The third-order valence-corrected chi connectivity index (χ3v) is 3.59. The molecule has 2 aromatic rings. The lowest BCUT2D eigenvalue weighted by molar-refractivity contribution is 0.474. The second-order valence-corrected chi connectivity index (χ2v) is 5.12. The van der Waals surface area contributed by atoms with Crippen molar-refractivity contribution in [1.29, 1.82) is 5.26 Å². The summed E-state index contributed by atoms with van der Waals surface area (Å²) >= 11 is 1.70. The van der Waals surface area contributed by atoms with Gasteiger partial charge in [-0.2, -0.15) is 5.26 Å². The molecule has 0 heterocycles. The van der Waals surface area contributed by atoms with Crippen LogP contribution in [0.4, 0.5) is 0 Å². The zero-order chi connectivity index (χ0) is 14.4. The first-order chi connectivity index (χ1) is 9.76. The minimum Gasteiger partial charge on any atom is -0.457 e. The molecule has 0 radical (unpaired) electrons. The van der Waals surface area contributed by atoms with Gasteiger partial charge >= 0.3 is 0 Å². The molecule has 0 bridgehead atoms.